The molecule has 0 aliphatic carbocycles. The number of halogens is 2. The van der Waals surface area contributed by atoms with Crippen LogP contribution < -0.4 is 0 Å². The molecule has 1 atom stereocenters. The van der Waals surface area contributed by atoms with Gasteiger partial charge in [-0.05, 0) is 53.4 Å². The molecule has 1 amide bonds. The van der Waals surface area contributed by atoms with E-state index in [2.05, 4.69) is 15.9 Å². The van der Waals surface area contributed by atoms with Crippen LogP contribution in [0.2, 0.25) is 0 Å². The molecule has 0 radical (unpaired) electrons. The lowest BCUT2D eigenvalue weighted by atomic mass is 9.98. The second-order valence-corrected chi connectivity index (χ2v) is 5.73. The SMILES string of the molecule is O=C(O)CC1CCCCN1C(=O)c1ccc(F)c(Br)c1. The Morgan fingerprint density at radius 2 is 2.15 bits per heavy atom. The van der Waals surface area contributed by atoms with E-state index in [1.54, 1.807) is 4.90 Å². The first-order chi connectivity index (χ1) is 9.49. The van der Waals surface area contributed by atoms with Gasteiger partial charge in [0.05, 0.1) is 10.9 Å². The van der Waals surface area contributed by atoms with Crippen LogP contribution in [0.25, 0.3) is 0 Å². The molecule has 1 aromatic carbocycles. The molecule has 4 nitrogen and oxygen atoms in total. The van der Waals surface area contributed by atoms with Gasteiger partial charge < -0.3 is 10.0 Å². The maximum atomic E-state index is 13.2. The summed E-state index contributed by atoms with van der Waals surface area (Å²) < 4.78 is 13.4. The Labute approximate surface area is 124 Å². The third-order valence-corrected chi connectivity index (χ3v) is 4.07. The molecule has 1 aliphatic heterocycles. The van der Waals surface area contributed by atoms with Gasteiger partial charge in [-0.2, -0.15) is 0 Å². The number of likely N-dealkylation sites (tertiary alicyclic amines) is 1. The van der Waals surface area contributed by atoms with Gasteiger partial charge in [0.25, 0.3) is 5.91 Å². The van der Waals surface area contributed by atoms with Crippen molar-refractivity contribution in [3.8, 4) is 0 Å². The van der Waals surface area contributed by atoms with Crippen molar-refractivity contribution in [1.29, 1.82) is 0 Å². The second-order valence-electron chi connectivity index (χ2n) is 4.87. The van der Waals surface area contributed by atoms with E-state index in [1.165, 1.54) is 18.2 Å². The van der Waals surface area contributed by atoms with E-state index in [0.717, 1.165) is 12.8 Å². The predicted octanol–water partition coefficient (Wildman–Crippen LogP) is 3.06. The number of carbonyl (C=O) groups is 2. The number of carboxylic acids is 1. The van der Waals surface area contributed by atoms with Crippen LogP contribution in [0.5, 0.6) is 0 Å². The molecule has 1 aromatic rings. The molecule has 2 rings (SSSR count). The lowest BCUT2D eigenvalue weighted by Gasteiger charge is -2.35. The van der Waals surface area contributed by atoms with Crippen LogP contribution in [-0.4, -0.2) is 34.5 Å². The van der Waals surface area contributed by atoms with Crippen LogP contribution in [0, 0.1) is 5.82 Å². The predicted molar refractivity (Wildman–Crippen MR) is 75.0 cm³/mol. The summed E-state index contributed by atoms with van der Waals surface area (Å²) in [5.41, 5.74) is 0.371. The third kappa shape index (κ3) is 3.36. The average Bonchev–Trinajstić information content (AvgIpc) is 2.41. The highest BCUT2D eigenvalue weighted by molar-refractivity contribution is 9.10. The van der Waals surface area contributed by atoms with Gasteiger partial charge in [-0.25, -0.2) is 4.39 Å². The smallest absolute Gasteiger partial charge is 0.305 e. The summed E-state index contributed by atoms with van der Waals surface area (Å²) in [5, 5.41) is 8.92. The largest absolute Gasteiger partial charge is 0.481 e. The molecule has 108 valence electrons. The first-order valence-electron chi connectivity index (χ1n) is 6.47. The van der Waals surface area contributed by atoms with Gasteiger partial charge in [0.1, 0.15) is 5.82 Å². The number of piperidine rings is 1. The molecule has 0 bridgehead atoms. The molecule has 1 aliphatic rings. The van der Waals surface area contributed by atoms with E-state index < -0.39 is 11.8 Å². The van der Waals surface area contributed by atoms with Crippen molar-refractivity contribution in [2.24, 2.45) is 0 Å². The van der Waals surface area contributed by atoms with Crippen molar-refractivity contribution < 1.29 is 19.1 Å². The fraction of sp³-hybridized carbons (Fsp3) is 0.429. The van der Waals surface area contributed by atoms with Gasteiger partial charge in [-0.3, -0.25) is 9.59 Å². The van der Waals surface area contributed by atoms with E-state index in [4.69, 9.17) is 5.11 Å². The Hall–Kier alpha value is -1.43. The number of hydrogen-bond acceptors (Lipinski definition) is 2. The summed E-state index contributed by atoms with van der Waals surface area (Å²) in [6, 6.07) is 3.81. The first kappa shape index (κ1) is 15.0. The van der Waals surface area contributed by atoms with Crippen LogP contribution in [0.4, 0.5) is 4.39 Å². The van der Waals surface area contributed by atoms with Gasteiger partial charge in [0.15, 0.2) is 0 Å². The fourth-order valence-corrected chi connectivity index (χ4v) is 2.86. The zero-order valence-electron chi connectivity index (χ0n) is 10.8. The summed E-state index contributed by atoms with van der Waals surface area (Å²) in [7, 11) is 0. The minimum Gasteiger partial charge on any atom is -0.481 e. The van der Waals surface area contributed by atoms with Crippen molar-refractivity contribution in [3.05, 3.63) is 34.1 Å². The monoisotopic (exact) mass is 343 g/mol. The Kier molecular flexibility index (Phi) is 4.75. The highest BCUT2D eigenvalue weighted by Crippen LogP contribution is 2.24. The molecule has 0 saturated carbocycles. The van der Waals surface area contributed by atoms with E-state index in [9.17, 15) is 14.0 Å². The number of aliphatic carboxylic acids is 1. The van der Waals surface area contributed by atoms with Gasteiger partial charge in [-0.15, -0.1) is 0 Å². The minimum absolute atomic E-state index is 0.0475. The van der Waals surface area contributed by atoms with Crippen molar-refractivity contribution in [2.45, 2.75) is 31.7 Å². The number of amides is 1. The number of nitrogens with zero attached hydrogens (tertiary/aromatic N) is 1. The van der Waals surface area contributed by atoms with E-state index in [-0.39, 0.29) is 22.8 Å². The standard InChI is InChI=1S/C14H15BrFNO3/c15-11-7-9(4-5-12(11)16)14(20)17-6-2-1-3-10(17)8-13(18)19/h4-5,7,10H,1-3,6,8H2,(H,18,19). The molecule has 20 heavy (non-hydrogen) atoms. The maximum absolute atomic E-state index is 13.2. The Morgan fingerprint density at radius 3 is 2.80 bits per heavy atom. The average molecular weight is 344 g/mol. The van der Waals surface area contributed by atoms with Crippen molar-refractivity contribution >= 4 is 27.8 Å². The van der Waals surface area contributed by atoms with Crippen molar-refractivity contribution in [3.63, 3.8) is 0 Å². The molecule has 6 heteroatoms. The highest BCUT2D eigenvalue weighted by atomic mass is 79.9. The normalized spacial score (nSPS) is 18.9. The lowest BCUT2D eigenvalue weighted by Crippen LogP contribution is -2.44. The summed E-state index contributed by atoms with van der Waals surface area (Å²) in [6.45, 7) is 0.547. The summed E-state index contributed by atoms with van der Waals surface area (Å²) >= 11 is 3.05. The molecule has 1 heterocycles. The van der Waals surface area contributed by atoms with E-state index in [0.29, 0.717) is 18.5 Å². The first-order valence-corrected chi connectivity index (χ1v) is 7.26. The molecule has 1 saturated heterocycles. The fourth-order valence-electron chi connectivity index (χ4n) is 2.48. The highest BCUT2D eigenvalue weighted by Gasteiger charge is 2.29. The number of carbonyl (C=O) groups excluding carboxylic acids is 1. The summed E-state index contributed by atoms with van der Waals surface area (Å²) in [4.78, 5) is 24.9. The maximum Gasteiger partial charge on any atom is 0.305 e. The number of rotatable bonds is 3. The molecule has 1 fully saturated rings. The molecular formula is C14H15BrFNO3. The summed E-state index contributed by atoms with van der Waals surface area (Å²) in [6.07, 6.45) is 2.44. The lowest BCUT2D eigenvalue weighted by molar-refractivity contribution is -0.138. The quantitative estimate of drug-likeness (QED) is 0.917. The zero-order chi connectivity index (χ0) is 14.7. The number of benzene rings is 1. The summed E-state index contributed by atoms with van der Waals surface area (Å²) in [5.74, 6) is -1.58. The molecule has 0 aromatic heterocycles. The van der Waals surface area contributed by atoms with Crippen LogP contribution in [0.3, 0.4) is 0 Å². The third-order valence-electron chi connectivity index (χ3n) is 3.46. The zero-order valence-corrected chi connectivity index (χ0v) is 12.4. The molecule has 1 N–H and O–H groups in total. The van der Waals surface area contributed by atoms with Gasteiger partial charge in [0, 0.05) is 18.2 Å². The minimum atomic E-state index is -0.907. The van der Waals surface area contributed by atoms with Crippen LogP contribution >= 0.6 is 15.9 Å². The number of carboxylic acid groups (broad SMARTS) is 1. The van der Waals surface area contributed by atoms with Crippen LogP contribution in [0.15, 0.2) is 22.7 Å². The molecule has 0 spiro atoms. The van der Waals surface area contributed by atoms with Crippen LogP contribution in [-0.2, 0) is 4.79 Å². The Morgan fingerprint density at radius 1 is 1.40 bits per heavy atom. The van der Waals surface area contributed by atoms with Crippen LogP contribution in [0.1, 0.15) is 36.0 Å². The Balaban J connectivity index is 2.20. The van der Waals surface area contributed by atoms with E-state index in [1.807, 2.05) is 0 Å². The van der Waals surface area contributed by atoms with Gasteiger partial charge >= 0.3 is 5.97 Å². The molecule has 1 unspecified atom stereocenters. The van der Waals surface area contributed by atoms with Gasteiger partial charge in [-0.1, -0.05) is 0 Å². The topological polar surface area (TPSA) is 57.6 Å². The molecular weight excluding hydrogens is 329 g/mol. The second kappa shape index (κ2) is 6.35. The van der Waals surface area contributed by atoms with Gasteiger partial charge in [0.2, 0.25) is 0 Å². The number of hydrogen-bond donors (Lipinski definition) is 1. The van der Waals surface area contributed by atoms with Crippen molar-refractivity contribution in [1.82, 2.24) is 4.90 Å². The Bertz CT molecular complexity index is 535. The van der Waals surface area contributed by atoms with Crippen molar-refractivity contribution in [2.75, 3.05) is 6.54 Å². The van der Waals surface area contributed by atoms with E-state index >= 15 is 0 Å².